The topological polar surface area (TPSA) is 59.8 Å². The first-order chi connectivity index (χ1) is 9.74. The zero-order valence-corrected chi connectivity index (χ0v) is 10.9. The standard InChI is InChI=1S/C15H12N4O/c1-9-12-4-5-19(14(12)18-8-17-9)11-2-3-13-10(6-11)7-16-15(13)20/h2-6,8H,7H2,1H3,(H,16,20). The third-order valence-corrected chi connectivity index (χ3v) is 3.73. The maximum absolute atomic E-state index is 11.6. The Morgan fingerprint density at radius 1 is 1.25 bits per heavy atom. The van der Waals surface area contributed by atoms with Crippen LogP contribution in [0.3, 0.4) is 0 Å². The third kappa shape index (κ3) is 1.46. The van der Waals surface area contributed by atoms with Crippen LogP contribution >= 0.6 is 0 Å². The predicted molar refractivity (Wildman–Crippen MR) is 74.8 cm³/mol. The van der Waals surface area contributed by atoms with E-state index in [0.717, 1.165) is 33.5 Å². The van der Waals surface area contributed by atoms with Crippen molar-refractivity contribution in [2.24, 2.45) is 0 Å². The fraction of sp³-hybridized carbons (Fsp3) is 0.133. The van der Waals surface area contributed by atoms with Crippen molar-refractivity contribution in [3.63, 3.8) is 0 Å². The van der Waals surface area contributed by atoms with Crippen LogP contribution in [0.25, 0.3) is 16.7 Å². The second-order valence-electron chi connectivity index (χ2n) is 4.91. The van der Waals surface area contributed by atoms with E-state index in [9.17, 15) is 4.79 Å². The van der Waals surface area contributed by atoms with E-state index in [4.69, 9.17) is 0 Å². The molecule has 1 aromatic carbocycles. The number of nitrogens with one attached hydrogen (secondary N) is 1. The first-order valence-electron chi connectivity index (χ1n) is 6.44. The van der Waals surface area contributed by atoms with Crippen LogP contribution in [0.5, 0.6) is 0 Å². The van der Waals surface area contributed by atoms with E-state index in [1.807, 2.05) is 42.0 Å². The number of nitrogens with zero attached hydrogens (tertiary/aromatic N) is 3. The predicted octanol–water partition coefficient (Wildman–Crippen LogP) is 1.97. The zero-order valence-electron chi connectivity index (χ0n) is 10.9. The molecule has 0 bridgehead atoms. The van der Waals surface area contributed by atoms with Crippen LogP contribution in [0.4, 0.5) is 0 Å². The molecular formula is C15H12N4O. The highest BCUT2D eigenvalue weighted by molar-refractivity contribution is 5.98. The number of hydrogen-bond donors (Lipinski definition) is 1. The van der Waals surface area contributed by atoms with E-state index in [1.54, 1.807) is 6.33 Å². The molecule has 4 rings (SSSR count). The van der Waals surface area contributed by atoms with E-state index in [0.29, 0.717) is 6.54 Å². The van der Waals surface area contributed by atoms with Gasteiger partial charge in [0, 0.05) is 29.4 Å². The van der Waals surface area contributed by atoms with Gasteiger partial charge >= 0.3 is 0 Å². The summed E-state index contributed by atoms with van der Waals surface area (Å²) in [5, 5.41) is 3.87. The van der Waals surface area contributed by atoms with Gasteiger partial charge in [0.05, 0.1) is 5.69 Å². The minimum absolute atomic E-state index is 0.00193. The van der Waals surface area contributed by atoms with Crippen LogP contribution in [0.1, 0.15) is 21.6 Å². The second kappa shape index (κ2) is 3.90. The van der Waals surface area contributed by atoms with Crippen LogP contribution in [0, 0.1) is 6.92 Å². The van der Waals surface area contributed by atoms with Gasteiger partial charge < -0.3 is 9.88 Å². The Kier molecular flexibility index (Phi) is 2.18. The summed E-state index contributed by atoms with van der Waals surface area (Å²) in [5.74, 6) is 0.00193. The smallest absolute Gasteiger partial charge is 0.251 e. The molecule has 5 heteroatoms. The van der Waals surface area contributed by atoms with Crippen molar-refractivity contribution in [3.05, 3.63) is 53.6 Å². The highest BCUT2D eigenvalue weighted by Crippen LogP contribution is 2.23. The van der Waals surface area contributed by atoms with Gasteiger partial charge in [-0.15, -0.1) is 0 Å². The second-order valence-corrected chi connectivity index (χ2v) is 4.91. The molecule has 2 aromatic heterocycles. The summed E-state index contributed by atoms with van der Waals surface area (Å²) in [6.45, 7) is 2.56. The quantitative estimate of drug-likeness (QED) is 0.731. The fourth-order valence-electron chi connectivity index (χ4n) is 2.65. The van der Waals surface area contributed by atoms with Crippen molar-refractivity contribution in [2.75, 3.05) is 0 Å². The molecule has 20 heavy (non-hydrogen) atoms. The maximum Gasteiger partial charge on any atom is 0.251 e. The molecule has 98 valence electrons. The van der Waals surface area contributed by atoms with Gasteiger partial charge in [0.2, 0.25) is 0 Å². The lowest BCUT2D eigenvalue weighted by atomic mass is 10.1. The summed E-state index contributed by atoms with van der Waals surface area (Å²) in [7, 11) is 0. The van der Waals surface area contributed by atoms with Gasteiger partial charge in [-0.25, -0.2) is 9.97 Å². The number of aromatic nitrogens is 3. The summed E-state index contributed by atoms with van der Waals surface area (Å²) in [5.41, 5.74) is 4.64. The molecule has 0 saturated heterocycles. The van der Waals surface area contributed by atoms with Crippen LogP contribution in [0.2, 0.25) is 0 Å². The Balaban J connectivity index is 1.92. The van der Waals surface area contributed by atoms with Gasteiger partial charge in [-0.2, -0.15) is 0 Å². The number of benzene rings is 1. The Hall–Kier alpha value is -2.69. The fourth-order valence-corrected chi connectivity index (χ4v) is 2.65. The number of hydrogen-bond acceptors (Lipinski definition) is 3. The first kappa shape index (κ1) is 11.2. The Morgan fingerprint density at radius 2 is 2.15 bits per heavy atom. The van der Waals surface area contributed by atoms with Crippen molar-refractivity contribution in [1.82, 2.24) is 19.9 Å². The lowest BCUT2D eigenvalue weighted by Gasteiger charge is -2.06. The van der Waals surface area contributed by atoms with Crippen molar-refractivity contribution in [3.8, 4) is 5.69 Å². The third-order valence-electron chi connectivity index (χ3n) is 3.73. The number of carbonyl (C=O) groups is 1. The van der Waals surface area contributed by atoms with Gasteiger partial charge in [-0.3, -0.25) is 4.79 Å². The molecular weight excluding hydrogens is 252 g/mol. The van der Waals surface area contributed by atoms with Crippen molar-refractivity contribution in [2.45, 2.75) is 13.5 Å². The molecule has 1 aliphatic rings. The molecule has 1 amide bonds. The minimum atomic E-state index is 0.00193. The lowest BCUT2D eigenvalue weighted by molar-refractivity contribution is 0.0966. The van der Waals surface area contributed by atoms with E-state index in [2.05, 4.69) is 15.3 Å². The number of amides is 1. The van der Waals surface area contributed by atoms with E-state index in [1.165, 1.54) is 0 Å². The average molecular weight is 264 g/mol. The van der Waals surface area contributed by atoms with E-state index >= 15 is 0 Å². The molecule has 3 aromatic rings. The molecule has 1 aliphatic heterocycles. The Bertz CT molecular complexity index is 850. The highest BCUT2D eigenvalue weighted by Gasteiger charge is 2.19. The van der Waals surface area contributed by atoms with Crippen molar-refractivity contribution < 1.29 is 4.79 Å². The van der Waals surface area contributed by atoms with Gasteiger partial charge in [0.25, 0.3) is 5.91 Å². The van der Waals surface area contributed by atoms with Gasteiger partial charge in [0.1, 0.15) is 12.0 Å². The molecule has 3 heterocycles. The highest BCUT2D eigenvalue weighted by atomic mass is 16.1. The Morgan fingerprint density at radius 3 is 3.05 bits per heavy atom. The van der Waals surface area contributed by atoms with Crippen molar-refractivity contribution >= 4 is 16.9 Å². The molecule has 0 spiro atoms. The molecule has 0 unspecified atom stereocenters. The van der Waals surface area contributed by atoms with Gasteiger partial charge in [-0.1, -0.05) is 0 Å². The number of aryl methyl sites for hydroxylation is 1. The zero-order chi connectivity index (χ0) is 13.7. The van der Waals surface area contributed by atoms with Crippen LogP contribution in [-0.2, 0) is 6.54 Å². The van der Waals surface area contributed by atoms with E-state index < -0.39 is 0 Å². The number of rotatable bonds is 1. The van der Waals surface area contributed by atoms with Crippen LogP contribution in [0.15, 0.2) is 36.8 Å². The van der Waals surface area contributed by atoms with E-state index in [-0.39, 0.29) is 5.91 Å². The molecule has 5 nitrogen and oxygen atoms in total. The molecule has 0 radical (unpaired) electrons. The summed E-state index contributed by atoms with van der Waals surface area (Å²) >= 11 is 0. The Labute approximate surface area is 115 Å². The van der Waals surface area contributed by atoms with Crippen molar-refractivity contribution in [1.29, 1.82) is 0 Å². The summed E-state index contributed by atoms with van der Waals surface area (Å²) < 4.78 is 2.02. The normalized spacial score (nSPS) is 13.6. The van der Waals surface area contributed by atoms with Crippen LogP contribution < -0.4 is 5.32 Å². The molecule has 0 aliphatic carbocycles. The number of fused-ring (bicyclic) bond motifs is 2. The first-order valence-corrected chi connectivity index (χ1v) is 6.44. The molecule has 0 fully saturated rings. The SMILES string of the molecule is Cc1ncnc2c1ccn2-c1ccc2c(c1)CNC2=O. The molecule has 0 saturated carbocycles. The minimum Gasteiger partial charge on any atom is -0.348 e. The monoisotopic (exact) mass is 264 g/mol. The molecule has 1 N–H and O–H groups in total. The largest absolute Gasteiger partial charge is 0.348 e. The van der Waals surface area contributed by atoms with Gasteiger partial charge in [-0.05, 0) is 36.8 Å². The number of carbonyl (C=O) groups excluding carboxylic acids is 1. The average Bonchev–Trinajstić information content (AvgIpc) is 3.04. The molecule has 0 atom stereocenters. The summed E-state index contributed by atoms with van der Waals surface area (Å²) in [4.78, 5) is 20.1. The van der Waals surface area contributed by atoms with Gasteiger partial charge in [0.15, 0.2) is 0 Å². The summed E-state index contributed by atoms with van der Waals surface area (Å²) in [6.07, 6.45) is 3.56. The maximum atomic E-state index is 11.6. The summed E-state index contributed by atoms with van der Waals surface area (Å²) in [6, 6.07) is 7.86. The van der Waals surface area contributed by atoms with Crippen LogP contribution in [-0.4, -0.2) is 20.4 Å². The lowest BCUT2D eigenvalue weighted by Crippen LogP contribution is -2.12.